The molecule has 0 saturated carbocycles. The SMILES string of the molecule is NC(=O)[C@H](NC(=O)[C@H]1CC(c2ccc(Cl)s2)=NO1)c1cccc(Br)c1. The van der Waals surface area contributed by atoms with E-state index < -0.39 is 24.0 Å². The molecule has 6 nitrogen and oxygen atoms in total. The monoisotopic (exact) mass is 441 g/mol. The summed E-state index contributed by atoms with van der Waals surface area (Å²) < 4.78 is 1.41. The molecule has 0 spiro atoms. The molecule has 1 aliphatic rings. The second-order valence-corrected chi connectivity index (χ2v) is 7.97. The molecule has 1 aromatic heterocycles. The van der Waals surface area contributed by atoms with Crippen molar-refractivity contribution in [3.05, 3.63) is 55.6 Å². The molecule has 2 heterocycles. The molecule has 0 aliphatic carbocycles. The van der Waals surface area contributed by atoms with Crippen LogP contribution in [0.4, 0.5) is 0 Å². The van der Waals surface area contributed by atoms with Gasteiger partial charge in [-0.2, -0.15) is 0 Å². The van der Waals surface area contributed by atoms with Gasteiger partial charge >= 0.3 is 0 Å². The molecule has 1 aliphatic heterocycles. The summed E-state index contributed by atoms with van der Waals surface area (Å²) in [6.45, 7) is 0. The summed E-state index contributed by atoms with van der Waals surface area (Å²) in [6.07, 6.45) is -0.517. The smallest absolute Gasteiger partial charge is 0.265 e. The van der Waals surface area contributed by atoms with Crippen molar-refractivity contribution in [2.24, 2.45) is 10.9 Å². The molecule has 2 aromatic rings. The highest BCUT2D eigenvalue weighted by Gasteiger charge is 2.32. The van der Waals surface area contributed by atoms with Gasteiger partial charge in [-0.3, -0.25) is 9.59 Å². The normalized spacial score (nSPS) is 17.5. The minimum Gasteiger partial charge on any atom is -0.382 e. The van der Waals surface area contributed by atoms with Crippen LogP contribution in [0.25, 0.3) is 0 Å². The van der Waals surface area contributed by atoms with Crippen LogP contribution in [0.5, 0.6) is 0 Å². The van der Waals surface area contributed by atoms with Crippen LogP contribution in [0.1, 0.15) is 22.9 Å². The molecule has 2 amide bonds. The summed E-state index contributed by atoms with van der Waals surface area (Å²) in [7, 11) is 0. The second kappa shape index (κ2) is 7.55. The fourth-order valence-corrected chi connectivity index (χ4v) is 3.82. The third kappa shape index (κ3) is 4.20. The van der Waals surface area contributed by atoms with E-state index in [-0.39, 0.29) is 0 Å². The Hall–Kier alpha value is -1.90. The third-order valence-corrected chi connectivity index (χ3v) is 5.35. The van der Waals surface area contributed by atoms with Crippen molar-refractivity contribution in [3.63, 3.8) is 0 Å². The van der Waals surface area contributed by atoms with Crippen LogP contribution >= 0.6 is 38.9 Å². The number of hydrogen-bond acceptors (Lipinski definition) is 5. The lowest BCUT2D eigenvalue weighted by Gasteiger charge is -2.18. The first-order valence-electron chi connectivity index (χ1n) is 7.27. The van der Waals surface area contributed by atoms with Gasteiger partial charge in [0.1, 0.15) is 11.8 Å². The fourth-order valence-electron chi connectivity index (χ4n) is 2.37. The van der Waals surface area contributed by atoms with Crippen LogP contribution in [0.3, 0.4) is 0 Å². The first-order chi connectivity index (χ1) is 11.9. The van der Waals surface area contributed by atoms with Gasteiger partial charge in [-0.15, -0.1) is 11.3 Å². The number of hydrogen-bond donors (Lipinski definition) is 2. The van der Waals surface area contributed by atoms with Crippen LogP contribution in [-0.4, -0.2) is 23.6 Å². The zero-order valence-corrected chi connectivity index (χ0v) is 15.9. The number of nitrogens with two attached hydrogens (primary N) is 1. The molecule has 0 unspecified atom stereocenters. The highest BCUT2D eigenvalue weighted by molar-refractivity contribution is 9.10. The molecule has 0 saturated heterocycles. The number of rotatable bonds is 5. The van der Waals surface area contributed by atoms with Crippen molar-refractivity contribution in [1.29, 1.82) is 0 Å². The van der Waals surface area contributed by atoms with Crippen LogP contribution in [0.2, 0.25) is 4.34 Å². The Morgan fingerprint density at radius 3 is 2.84 bits per heavy atom. The van der Waals surface area contributed by atoms with Gasteiger partial charge in [-0.05, 0) is 29.8 Å². The predicted molar refractivity (Wildman–Crippen MR) is 99.6 cm³/mol. The number of thiophene rings is 1. The first kappa shape index (κ1) is 17.9. The van der Waals surface area contributed by atoms with Gasteiger partial charge in [0.2, 0.25) is 12.0 Å². The molecular formula is C16H13BrClN3O3S. The van der Waals surface area contributed by atoms with Crippen molar-refractivity contribution >= 4 is 56.4 Å². The summed E-state index contributed by atoms with van der Waals surface area (Å²) in [5, 5.41) is 6.57. The zero-order valence-electron chi connectivity index (χ0n) is 12.7. The van der Waals surface area contributed by atoms with Gasteiger partial charge in [0.15, 0.2) is 0 Å². The Balaban J connectivity index is 1.68. The molecule has 130 valence electrons. The number of carbonyl (C=O) groups excluding carboxylic acids is 2. The third-order valence-electron chi connectivity index (χ3n) is 3.57. The van der Waals surface area contributed by atoms with Crippen LogP contribution in [-0.2, 0) is 14.4 Å². The Bertz CT molecular complexity index is 855. The number of oxime groups is 1. The number of nitrogens with zero attached hydrogens (tertiary/aromatic N) is 1. The van der Waals surface area contributed by atoms with E-state index in [9.17, 15) is 9.59 Å². The maximum atomic E-state index is 12.4. The maximum Gasteiger partial charge on any atom is 0.265 e. The van der Waals surface area contributed by atoms with Crippen molar-refractivity contribution in [3.8, 4) is 0 Å². The number of benzene rings is 1. The van der Waals surface area contributed by atoms with Crippen LogP contribution in [0, 0.1) is 0 Å². The van der Waals surface area contributed by atoms with E-state index in [1.807, 2.05) is 12.1 Å². The highest BCUT2D eigenvalue weighted by atomic mass is 79.9. The van der Waals surface area contributed by atoms with E-state index >= 15 is 0 Å². The lowest BCUT2D eigenvalue weighted by Crippen LogP contribution is -2.42. The van der Waals surface area contributed by atoms with Crippen LogP contribution in [0.15, 0.2) is 46.0 Å². The van der Waals surface area contributed by atoms with Crippen molar-refractivity contribution < 1.29 is 14.4 Å². The average Bonchev–Trinajstić information content (AvgIpc) is 3.20. The number of amides is 2. The summed E-state index contributed by atoms with van der Waals surface area (Å²) in [6, 6.07) is 9.64. The molecule has 3 rings (SSSR count). The molecule has 0 fully saturated rings. The highest BCUT2D eigenvalue weighted by Crippen LogP contribution is 2.27. The largest absolute Gasteiger partial charge is 0.382 e. The maximum absolute atomic E-state index is 12.4. The Morgan fingerprint density at radius 2 is 2.20 bits per heavy atom. The summed E-state index contributed by atoms with van der Waals surface area (Å²) >= 11 is 10.6. The van der Waals surface area contributed by atoms with Gasteiger partial charge in [0.05, 0.1) is 9.21 Å². The first-order valence-corrected chi connectivity index (χ1v) is 9.26. The topological polar surface area (TPSA) is 93.8 Å². The quantitative estimate of drug-likeness (QED) is 0.745. The number of primary amides is 1. The molecule has 0 bridgehead atoms. The molecule has 9 heteroatoms. The Kier molecular flexibility index (Phi) is 5.41. The van der Waals surface area contributed by atoms with E-state index in [1.165, 1.54) is 11.3 Å². The van der Waals surface area contributed by atoms with E-state index in [2.05, 4.69) is 26.4 Å². The Labute approximate surface area is 161 Å². The standard InChI is InChI=1S/C16H13BrClN3O3S/c17-9-3-1-2-8(6-9)14(15(19)22)20-16(23)11-7-10(21-24-11)12-4-5-13(18)25-12/h1-6,11,14H,7H2,(H2,19,22)(H,20,23)/t11-,14-/m1/s1. The predicted octanol–water partition coefficient (Wildman–Crippen LogP) is 3.00. The Morgan fingerprint density at radius 1 is 1.40 bits per heavy atom. The molecular weight excluding hydrogens is 430 g/mol. The van der Waals surface area contributed by atoms with E-state index in [0.29, 0.717) is 22.0 Å². The van der Waals surface area contributed by atoms with Gasteiger partial charge in [0, 0.05) is 10.9 Å². The zero-order chi connectivity index (χ0) is 18.0. The van der Waals surface area contributed by atoms with Crippen molar-refractivity contribution in [2.45, 2.75) is 18.6 Å². The van der Waals surface area contributed by atoms with Crippen molar-refractivity contribution in [2.75, 3.05) is 0 Å². The van der Waals surface area contributed by atoms with Gasteiger partial charge in [-0.1, -0.05) is 44.8 Å². The molecule has 1 aromatic carbocycles. The number of halogens is 2. The van der Waals surface area contributed by atoms with E-state index in [0.717, 1.165) is 9.35 Å². The number of carbonyl (C=O) groups is 2. The van der Waals surface area contributed by atoms with E-state index in [1.54, 1.807) is 24.3 Å². The minimum atomic E-state index is -0.950. The van der Waals surface area contributed by atoms with Gasteiger partial charge in [0.25, 0.3) is 5.91 Å². The lowest BCUT2D eigenvalue weighted by atomic mass is 10.1. The van der Waals surface area contributed by atoms with Crippen LogP contribution < -0.4 is 11.1 Å². The van der Waals surface area contributed by atoms with Crippen molar-refractivity contribution in [1.82, 2.24) is 5.32 Å². The van der Waals surface area contributed by atoms with Gasteiger partial charge < -0.3 is 15.9 Å². The summed E-state index contributed by atoms with van der Waals surface area (Å²) in [5.41, 5.74) is 6.67. The average molecular weight is 443 g/mol. The summed E-state index contributed by atoms with van der Waals surface area (Å²) in [5.74, 6) is -1.11. The van der Waals surface area contributed by atoms with E-state index in [4.69, 9.17) is 22.2 Å². The van der Waals surface area contributed by atoms with Gasteiger partial charge in [-0.25, -0.2) is 0 Å². The molecule has 3 N–H and O–H groups in total. The number of nitrogens with one attached hydrogen (secondary N) is 1. The molecule has 2 atom stereocenters. The fraction of sp³-hybridized carbons (Fsp3) is 0.188. The summed E-state index contributed by atoms with van der Waals surface area (Å²) in [4.78, 5) is 30.3. The lowest BCUT2D eigenvalue weighted by molar-refractivity contribution is -0.134. The molecule has 25 heavy (non-hydrogen) atoms. The minimum absolute atomic E-state index is 0.298. The molecule has 0 radical (unpaired) electrons. The second-order valence-electron chi connectivity index (χ2n) is 5.34.